The molecule has 0 spiro atoms. The molecule has 0 aliphatic heterocycles. The van der Waals surface area contributed by atoms with Crippen molar-refractivity contribution in [2.75, 3.05) is 0 Å². The van der Waals surface area contributed by atoms with Crippen LogP contribution >= 0.6 is 11.3 Å². The van der Waals surface area contributed by atoms with Crippen molar-refractivity contribution in [2.45, 2.75) is 13.0 Å². The second kappa shape index (κ2) is 4.13. The number of benzene rings is 1. The van der Waals surface area contributed by atoms with E-state index in [9.17, 15) is 4.39 Å². The minimum absolute atomic E-state index is 0.198. The predicted octanol–water partition coefficient (Wildman–Crippen LogP) is 3.24. The summed E-state index contributed by atoms with van der Waals surface area (Å²) in [5.74, 6) is -0.198. The van der Waals surface area contributed by atoms with Crippen molar-refractivity contribution in [1.82, 2.24) is 0 Å². The van der Waals surface area contributed by atoms with Crippen LogP contribution in [0.1, 0.15) is 22.7 Å². The Morgan fingerprint density at radius 3 is 2.80 bits per heavy atom. The molecule has 2 N–H and O–H groups in total. The van der Waals surface area contributed by atoms with Gasteiger partial charge >= 0.3 is 0 Å². The summed E-state index contributed by atoms with van der Waals surface area (Å²) in [6.45, 7) is 1.75. The Morgan fingerprint density at radius 1 is 1.33 bits per heavy atom. The maximum atomic E-state index is 13.8. The number of thiophene rings is 1. The first-order valence-electron chi connectivity index (χ1n) is 4.73. The predicted molar refractivity (Wildman–Crippen MR) is 61.5 cm³/mol. The van der Waals surface area contributed by atoms with Crippen molar-refractivity contribution >= 4 is 11.3 Å². The highest BCUT2D eigenvalue weighted by molar-refractivity contribution is 7.08. The van der Waals surface area contributed by atoms with Crippen LogP contribution in [0.25, 0.3) is 0 Å². The van der Waals surface area contributed by atoms with E-state index in [0.717, 1.165) is 5.56 Å². The lowest BCUT2D eigenvalue weighted by Gasteiger charge is -2.12. The first-order chi connectivity index (χ1) is 7.20. The zero-order valence-corrected chi connectivity index (χ0v) is 9.22. The van der Waals surface area contributed by atoms with Gasteiger partial charge in [0.05, 0.1) is 6.04 Å². The van der Waals surface area contributed by atoms with Crippen molar-refractivity contribution in [3.05, 3.63) is 57.5 Å². The summed E-state index contributed by atoms with van der Waals surface area (Å²) in [6.07, 6.45) is 0. The van der Waals surface area contributed by atoms with E-state index >= 15 is 0 Å². The Bertz CT molecular complexity index is 451. The minimum Gasteiger partial charge on any atom is -0.320 e. The standard InChI is InChI=1S/C12H12FNS/c1-8-3-2-4-10(11(8)13)12(14)9-5-6-15-7-9/h2-7,12H,14H2,1H3. The fourth-order valence-electron chi connectivity index (χ4n) is 1.54. The molecule has 78 valence electrons. The molecule has 1 heterocycles. The van der Waals surface area contributed by atoms with Crippen molar-refractivity contribution < 1.29 is 4.39 Å². The van der Waals surface area contributed by atoms with Gasteiger partial charge in [0.25, 0.3) is 0 Å². The lowest BCUT2D eigenvalue weighted by atomic mass is 10.00. The summed E-state index contributed by atoms with van der Waals surface area (Å²) in [5, 5.41) is 3.90. The van der Waals surface area contributed by atoms with Gasteiger partial charge in [-0.1, -0.05) is 18.2 Å². The van der Waals surface area contributed by atoms with E-state index in [1.54, 1.807) is 30.4 Å². The summed E-state index contributed by atoms with van der Waals surface area (Å²) in [4.78, 5) is 0. The van der Waals surface area contributed by atoms with Crippen LogP contribution in [0, 0.1) is 12.7 Å². The maximum absolute atomic E-state index is 13.8. The molecule has 0 aliphatic carbocycles. The number of hydrogen-bond acceptors (Lipinski definition) is 2. The molecular weight excluding hydrogens is 209 g/mol. The molecule has 1 unspecified atom stereocenters. The number of rotatable bonds is 2. The van der Waals surface area contributed by atoms with Gasteiger partial charge in [0, 0.05) is 5.56 Å². The molecule has 2 rings (SSSR count). The topological polar surface area (TPSA) is 26.0 Å². The van der Waals surface area contributed by atoms with Gasteiger partial charge in [-0.25, -0.2) is 4.39 Å². The first-order valence-corrected chi connectivity index (χ1v) is 5.67. The van der Waals surface area contributed by atoms with Crippen LogP contribution in [-0.2, 0) is 0 Å². The van der Waals surface area contributed by atoms with Gasteiger partial charge in [-0.15, -0.1) is 0 Å². The largest absolute Gasteiger partial charge is 0.320 e. The molecule has 1 atom stereocenters. The molecule has 0 aliphatic rings. The van der Waals surface area contributed by atoms with Crippen LogP contribution in [0.3, 0.4) is 0 Å². The van der Waals surface area contributed by atoms with Crippen LogP contribution in [0.15, 0.2) is 35.0 Å². The molecule has 0 saturated carbocycles. The Hall–Kier alpha value is -1.19. The molecule has 2 aromatic rings. The minimum atomic E-state index is -0.365. The highest BCUT2D eigenvalue weighted by atomic mass is 32.1. The Morgan fingerprint density at radius 2 is 2.13 bits per heavy atom. The van der Waals surface area contributed by atoms with Gasteiger partial charge in [0.1, 0.15) is 5.82 Å². The number of aryl methyl sites for hydroxylation is 1. The van der Waals surface area contributed by atoms with Crippen LogP contribution in [0.4, 0.5) is 4.39 Å². The molecule has 0 saturated heterocycles. The molecule has 0 bridgehead atoms. The van der Waals surface area contributed by atoms with Crippen molar-refractivity contribution in [3.63, 3.8) is 0 Å². The molecule has 1 nitrogen and oxygen atoms in total. The van der Waals surface area contributed by atoms with Crippen LogP contribution in [0.2, 0.25) is 0 Å². The SMILES string of the molecule is Cc1cccc(C(N)c2ccsc2)c1F. The molecule has 0 fully saturated rings. The number of hydrogen-bond donors (Lipinski definition) is 1. The average molecular weight is 221 g/mol. The monoisotopic (exact) mass is 221 g/mol. The van der Waals surface area contributed by atoms with Gasteiger partial charge in [0.15, 0.2) is 0 Å². The van der Waals surface area contributed by atoms with Crippen molar-refractivity contribution in [2.24, 2.45) is 5.73 Å². The molecule has 0 amide bonds. The fourth-order valence-corrected chi connectivity index (χ4v) is 2.24. The van der Waals surface area contributed by atoms with Gasteiger partial charge < -0.3 is 5.73 Å². The molecule has 15 heavy (non-hydrogen) atoms. The van der Waals surface area contributed by atoms with E-state index in [2.05, 4.69) is 0 Å². The zero-order valence-electron chi connectivity index (χ0n) is 8.41. The van der Waals surface area contributed by atoms with Crippen molar-refractivity contribution in [3.8, 4) is 0 Å². The second-order valence-corrected chi connectivity index (χ2v) is 4.29. The first kappa shape index (κ1) is 10.3. The molecule has 3 heteroatoms. The summed E-state index contributed by atoms with van der Waals surface area (Å²) < 4.78 is 13.8. The Kier molecular flexibility index (Phi) is 2.84. The summed E-state index contributed by atoms with van der Waals surface area (Å²) in [5.41, 5.74) is 8.16. The van der Waals surface area contributed by atoms with Gasteiger partial charge in [-0.2, -0.15) is 11.3 Å². The third-order valence-electron chi connectivity index (χ3n) is 2.46. The fraction of sp³-hybridized carbons (Fsp3) is 0.167. The van der Waals surface area contributed by atoms with Crippen LogP contribution in [0.5, 0.6) is 0 Å². The molecular formula is C12H12FNS. The van der Waals surface area contributed by atoms with Gasteiger partial charge in [0.2, 0.25) is 0 Å². The highest BCUT2D eigenvalue weighted by Crippen LogP contribution is 2.25. The lowest BCUT2D eigenvalue weighted by Crippen LogP contribution is -2.13. The van der Waals surface area contributed by atoms with Crippen LogP contribution in [-0.4, -0.2) is 0 Å². The molecule has 1 aromatic heterocycles. The molecule has 1 aromatic carbocycles. The quantitative estimate of drug-likeness (QED) is 0.827. The van der Waals surface area contributed by atoms with E-state index in [1.807, 2.05) is 22.9 Å². The number of nitrogens with two attached hydrogens (primary N) is 1. The van der Waals surface area contributed by atoms with Crippen molar-refractivity contribution in [1.29, 1.82) is 0 Å². The van der Waals surface area contributed by atoms with E-state index in [-0.39, 0.29) is 11.9 Å². The summed E-state index contributed by atoms with van der Waals surface area (Å²) in [6, 6.07) is 6.89. The second-order valence-electron chi connectivity index (χ2n) is 3.51. The van der Waals surface area contributed by atoms with E-state index in [1.165, 1.54) is 0 Å². The van der Waals surface area contributed by atoms with Gasteiger partial charge in [-0.05, 0) is 34.9 Å². The zero-order chi connectivity index (χ0) is 10.8. The summed E-state index contributed by atoms with van der Waals surface area (Å²) >= 11 is 1.57. The highest BCUT2D eigenvalue weighted by Gasteiger charge is 2.14. The smallest absolute Gasteiger partial charge is 0.131 e. The normalized spacial score (nSPS) is 12.7. The van der Waals surface area contributed by atoms with E-state index in [4.69, 9.17) is 5.73 Å². The lowest BCUT2D eigenvalue weighted by molar-refractivity contribution is 0.591. The van der Waals surface area contributed by atoms with E-state index in [0.29, 0.717) is 11.1 Å². The third kappa shape index (κ3) is 1.94. The van der Waals surface area contributed by atoms with Crippen LogP contribution < -0.4 is 5.73 Å². The third-order valence-corrected chi connectivity index (χ3v) is 3.16. The van der Waals surface area contributed by atoms with Gasteiger partial charge in [-0.3, -0.25) is 0 Å². The summed E-state index contributed by atoms with van der Waals surface area (Å²) in [7, 11) is 0. The Labute approximate surface area is 92.4 Å². The average Bonchev–Trinajstić information content (AvgIpc) is 2.74. The molecule has 0 radical (unpaired) electrons. The number of halogens is 1. The maximum Gasteiger partial charge on any atom is 0.131 e. The Balaban J connectivity index is 2.42. The van der Waals surface area contributed by atoms with E-state index < -0.39 is 0 Å².